The van der Waals surface area contributed by atoms with Gasteiger partial charge in [0.1, 0.15) is 18.2 Å². The number of nitrogens with zero attached hydrogens (tertiary/aromatic N) is 2. The third-order valence-corrected chi connectivity index (χ3v) is 6.20. The molecular weight excluding hydrogens is 416 g/mol. The fraction of sp³-hybridized carbons (Fsp3) is 0.226. The van der Waals surface area contributed by atoms with Crippen LogP contribution in [0.2, 0.25) is 0 Å². The number of hydrogen-bond acceptors (Lipinski definition) is 1. The minimum atomic E-state index is -1.86. The Kier molecular flexibility index (Phi) is 4.37. The van der Waals surface area contributed by atoms with Crippen molar-refractivity contribution >= 4 is 27.6 Å². The van der Waals surface area contributed by atoms with Crippen LogP contribution in [0.5, 0.6) is 0 Å². The number of aryl methyl sites for hydroxylation is 1. The zero-order chi connectivity index (χ0) is 27.5. The van der Waals surface area contributed by atoms with Crippen LogP contribution in [0.1, 0.15) is 36.2 Å². The summed E-state index contributed by atoms with van der Waals surface area (Å²) in [6.07, 6.45) is -1.86. The molecule has 3 nitrogen and oxygen atoms in total. The standard InChI is InChI=1S/C31H29N2O/c1-19(2)14-22-16-21(4)33(6)27(17-22)29-20(3)15-26(23-10-8-7-9-11-23)30-25-13-12-24(32-5)18-28(25)34-31(29)30/h7-13,15-19H,14H2,1-4,6H3/q+1/i14D2,16D,17D. The van der Waals surface area contributed by atoms with E-state index in [1.54, 1.807) is 37.5 Å². The summed E-state index contributed by atoms with van der Waals surface area (Å²) in [5, 5.41) is 1.75. The normalized spacial score (nSPS) is 13.6. The second-order valence-corrected chi connectivity index (χ2v) is 9.00. The molecule has 5 rings (SSSR count). The van der Waals surface area contributed by atoms with Gasteiger partial charge in [-0.2, -0.15) is 4.57 Å². The van der Waals surface area contributed by atoms with Crippen LogP contribution in [-0.2, 0) is 13.4 Å². The van der Waals surface area contributed by atoms with Gasteiger partial charge < -0.3 is 4.42 Å². The topological polar surface area (TPSA) is 21.4 Å². The van der Waals surface area contributed by atoms with E-state index in [0.717, 1.165) is 27.5 Å². The van der Waals surface area contributed by atoms with Crippen LogP contribution >= 0.6 is 0 Å². The van der Waals surface area contributed by atoms with E-state index in [2.05, 4.69) is 10.9 Å². The van der Waals surface area contributed by atoms with Crippen LogP contribution in [0.4, 0.5) is 5.69 Å². The first kappa shape index (κ1) is 17.6. The van der Waals surface area contributed by atoms with Gasteiger partial charge in [-0.15, -0.1) is 0 Å². The number of pyridine rings is 1. The molecule has 0 radical (unpaired) electrons. The van der Waals surface area contributed by atoms with E-state index in [4.69, 9.17) is 15.1 Å². The van der Waals surface area contributed by atoms with Gasteiger partial charge in [0.05, 0.1) is 14.9 Å². The van der Waals surface area contributed by atoms with Crippen LogP contribution in [0.15, 0.2) is 71.1 Å². The third kappa shape index (κ3) is 3.66. The van der Waals surface area contributed by atoms with E-state index >= 15 is 0 Å². The van der Waals surface area contributed by atoms with Crippen LogP contribution in [0.3, 0.4) is 0 Å². The molecule has 0 atom stereocenters. The van der Waals surface area contributed by atoms with E-state index in [1.165, 1.54) is 0 Å². The second-order valence-electron chi connectivity index (χ2n) is 9.00. The van der Waals surface area contributed by atoms with Gasteiger partial charge in [0.2, 0.25) is 5.69 Å². The summed E-state index contributed by atoms with van der Waals surface area (Å²) < 4.78 is 43.9. The highest BCUT2D eigenvalue weighted by Gasteiger charge is 2.25. The first-order valence-corrected chi connectivity index (χ1v) is 11.4. The van der Waals surface area contributed by atoms with Crippen molar-refractivity contribution in [2.24, 2.45) is 13.0 Å². The van der Waals surface area contributed by atoms with E-state index in [0.29, 0.717) is 33.8 Å². The highest BCUT2D eigenvalue weighted by atomic mass is 16.3. The lowest BCUT2D eigenvalue weighted by atomic mass is 9.91. The van der Waals surface area contributed by atoms with Crippen molar-refractivity contribution in [2.45, 2.75) is 34.1 Å². The van der Waals surface area contributed by atoms with Crippen molar-refractivity contribution in [1.82, 2.24) is 0 Å². The Hall–Kier alpha value is -3.90. The van der Waals surface area contributed by atoms with Gasteiger partial charge in [-0.05, 0) is 53.6 Å². The quantitative estimate of drug-likeness (QED) is 0.200. The molecule has 34 heavy (non-hydrogen) atoms. The van der Waals surface area contributed by atoms with E-state index in [9.17, 15) is 1.37 Å². The van der Waals surface area contributed by atoms with Gasteiger partial charge in [-0.3, -0.25) is 0 Å². The molecule has 5 aromatic rings. The zero-order valence-electron chi connectivity index (χ0n) is 24.1. The summed E-state index contributed by atoms with van der Waals surface area (Å²) in [5.74, 6) is -0.421. The molecule has 0 amide bonds. The number of furan rings is 1. The maximum atomic E-state index is 9.24. The predicted octanol–water partition coefficient (Wildman–Crippen LogP) is 8.11. The Morgan fingerprint density at radius 1 is 1.09 bits per heavy atom. The summed E-state index contributed by atoms with van der Waals surface area (Å²) in [7, 11) is 1.81. The Balaban J connectivity index is 1.98. The molecule has 0 aliphatic rings. The fourth-order valence-electron chi connectivity index (χ4n) is 4.53. The van der Waals surface area contributed by atoms with Gasteiger partial charge in [-0.1, -0.05) is 56.3 Å². The monoisotopic (exact) mass is 449 g/mol. The van der Waals surface area contributed by atoms with E-state index < -0.39 is 12.3 Å². The van der Waals surface area contributed by atoms with Crippen molar-refractivity contribution in [3.8, 4) is 22.4 Å². The molecular formula is C31H29N2O+. The smallest absolute Gasteiger partial charge is 0.216 e. The van der Waals surface area contributed by atoms with E-state index in [1.807, 2.05) is 50.4 Å². The molecule has 2 aromatic heterocycles. The number of aromatic nitrogens is 1. The molecule has 0 bridgehead atoms. The molecule has 0 aliphatic carbocycles. The van der Waals surface area contributed by atoms with Crippen LogP contribution in [0.25, 0.3) is 49.2 Å². The average Bonchev–Trinajstić information content (AvgIpc) is 3.27. The van der Waals surface area contributed by atoms with E-state index in [-0.39, 0.29) is 17.6 Å². The van der Waals surface area contributed by atoms with Gasteiger partial charge in [-0.25, -0.2) is 4.85 Å². The molecule has 0 aliphatic heterocycles. The lowest BCUT2D eigenvalue weighted by Crippen LogP contribution is -2.35. The SMILES string of the molecule is [2H]c1c(C([2H])([2H])C(C)C)c([2H])c(-c2c(C)cc(-c3ccccc3)c3c2oc2cc([N+]#[C-])ccc23)[n+](C)c1C. The first-order chi connectivity index (χ1) is 18.0. The van der Waals surface area contributed by atoms with Gasteiger partial charge in [0.25, 0.3) is 0 Å². The largest absolute Gasteiger partial charge is 0.456 e. The molecule has 3 heteroatoms. The van der Waals surface area contributed by atoms with Crippen LogP contribution in [-0.4, -0.2) is 0 Å². The van der Waals surface area contributed by atoms with Crippen molar-refractivity contribution in [3.05, 3.63) is 94.9 Å². The van der Waals surface area contributed by atoms with Crippen molar-refractivity contribution in [1.29, 1.82) is 0 Å². The lowest BCUT2D eigenvalue weighted by molar-refractivity contribution is -0.666. The van der Waals surface area contributed by atoms with Crippen LogP contribution < -0.4 is 4.57 Å². The molecule has 0 spiro atoms. The summed E-state index contributed by atoms with van der Waals surface area (Å²) in [6, 6.07) is 17.6. The number of fused-ring (bicyclic) bond motifs is 3. The van der Waals surface area contributed by atoms with Crippen molar-refractivity contribution in [2.75, 3.05) is 0 Å². The Labute approximate surface area is 206 Å². The summed E-state index contributed by atoms with van der Waals surface area (Å²) in [5.41, 5.74) is 6.37. The maximum Gasteiger partial charge on any atom is 0.216 e. The fourth-order valence-corrected chi connectivity index (χ4v) is 4.53. The average molecular weight is 450 g/mol. The van der Waals surface area contributed by atoms with Crippen molar-refractivity contribution < 1.29 is 14.5 Å². The maximum absolute atomic E-state index is 9.24. The number of hydrogen-bond donors (Lipinski definition) is 0. The molecule has 0 saturated carbocycles. The Morgan fingerprint density at radius 2 is 1.85 bits per heavy atom. The molecule has 0 fully saturated rings. The minimum absolute atomic E-state index is 0.0130. The molecule has 0 saturated heterocycles. The molecule has 3 aromatic carbocycles. The summed E-state index contributed by atoms with van der Waals surface area (Å²) >= 11 is 0. The number of rotatable bonds is 4. The van der Waals surface area contributed by atoms with Crippen molar-refractivity contribution in [3.63, 3.8) is 0 Å². The van der Waals surface area contributed by atoms with Crippen LogP contribution in [0, 0.1) is 26.3 Å². The first-order valence-electron chi connectivity index (χ1n) is 13.4. The highest BCUT2D eigenvalue weighted by molar-refractivity contribution is 6.17. The Morgan fingerprint density at radius 3 is 2.56 bits per heavy atom. The zero-order valence-corrected chi connectivity index (χ0v) is 20.1. The lowest BCUT2D eigenvalue weighted by Gasteiger charge is -2.13. The van der Waals surface area contributed by atoms with Gasteiger partial charge in [0, 0.05) is 32.5 Å². The molecule has 0 unspecified atom stereocenters. The second kappa shape index (κ2) is 8.47. The van der Waals surface area contributed by atoms with Gasteiger partial charge in [0.15, 0.2) is 11.4 Å². The minimum Gasteiger partial charge on any atom is -0.456 e. The highest BCUT2D eigenvalue weighted by Crippen LogP contribution is 2.43. The molecule has 0 N–H and O–H groups in total. The number of benzene rings is 3. The predicted molar refractivity (Wildman–Crippen MR) is 140 cm³/mol. The Bertz CT molecular complexity index is 1780. The summed E-state index contributed by atoms with van der Waals surface area (Å²) in [6.45, 7) is 14.8. The summed E-state index contributed by atoms with van der Waals surface area (Å²) in [4.78, 5) is 3.57. The van der Waals surface area contributed by atoms with Gasteiger partial charge >= 0.3 is 0 Å². The molecule has 2 heterocycles. The molecule has 168 valence electrons. The third-order valence-electron chi connectivity index (χ3n) is 6.20.